The van der Waals surface area contributed by atoms with Gasteiger partial charge < -0.3 is 5.32 Å². The predicted octanol–water partition coefficient (Wildman–Crippen LogP) is 0.551. The van der Waals surface area contributed by atoms with Crippen LogP contribution >= 0.6 is 24.8 Å². The van der Waals surface area contributed by atoms with Crippen LogP contribution in [0.4, 0.5) is 0 Å². The van der Waals surface area contributed by atoms with E-state index in [1.165, 1.54) is 0 Å². The Morgan fingerprint density at radius 2 is 2.00 bits per heavy atom. The summed E-state index contributed by atoms with van der Waals surface area (Å²) in [5.41, 5.74) is 0. The van der Waals surface area contributed by atoms with Crippen molar-refractivity contribution in [3.63, 3.8) is 0 Å². The molecule has 4 heteroatoms. The summed E-state index contributed by atoms with van der Waals surface area (Å²) >= 11 is 8.48. The standard InChI is InChI=1S/C4H9NS2.Na.H/c1-3(2)5-4(6)7;;/h3H,1-2H3,(H2,5,6,7);;. The van der Waals surface area contributed by atoms with E-state index >= 15 is 0 Å². The Morgan fingerprint density at radius 1 is 1.62 bits per heavy atom. The molecule has 0 bridgehead atoms. The van der Waals surface area contributed by atoms with Crippen molar-refractivity contribution in [1.29, 1.82) is 0 Å². The Labute approximate surface area is 83.3 Å². The summed E-state index contributed by atoms with van der Waals surface area (Å²) in [6.45, 7) is 4.03. The maximum atomic E-state index is 4.62. The topological polar surface area (TPSA) is 12.0 Å². The molecule has 0 rings (SSSR count). The van der Waals surface area contributed by atoms with Gasteiger partial charge in [0.15, 0.2) is 0 Å². The van der Waals surface area contributed by atoms with Gasteiger partial charge in [0.1, 0.15) is 4.32 Å². The van der Waals surface area contributed by atoms with Gasteiger partial charge in [0.25, 0.3) is 0 Å². The molecule has 0 aliphatic rings. The molecule has 8 heavy (non-hydrogen) atoms. The summed E-state index contributed by atoms with van der Waals surface area (Å²) in [6.07, 6.45) is 0. The van der Waals surface area contributed by atoms with Crippen LogP contribution in [0.25, 0.3) is 0 Å². The number of hydrogen-bond acceptors (Lipinski definition) is 1. The number of thiol groups is 1. The van der Waals surface area contributed by atoms with Crippen LogP contribution in [0, 0.1) is 0 Å². The van der Waals surface area contributed by atoms with Crippen LogP contribution in [0.2, 0.25) is 0 Å². The molecule has 0 amide bonds. The molecular formula is C4H10NNaS2. The molecular weight excluding hydrogens is 149 g/mol. The quantitative estimate of drug-likeness (QED) is 0.329. The molecule has 0 heterocycles. The van der Waals surface area contributed by atoms with Gasteiger partial charge in [-0.3, -0.25) is 0 Å². The van der Waals surface area contributed by atoms with Crippen LogP contribution in [0.15, 0.2) is 0 Å². The summed E-state index contributed by atoms with van der Waals surface area (Å²) in [5.74, 6) is 0. The van der Waals surface area contributed by atoms with E-state index in [2.05, 4.69) is 30.2 Å². The molecule has 0 saturated carbocycles. The van der Waals surface area contributed by atoms with Crippen molar-refractivity contribution in [2.24, 2.45) is 0 Å². The third-order valence-corrected chi connectivity index (χ3v) is 0.659. The molecule has 0 fully saturated rings. The fraction of sp³-hybridized carbons (Fsp3) is 0.750. The first-order valence-electron chi connectivity index (χ1n) is 2.12. The van der Waals surface area contributed by atoms with Gasteiger partial charge in [0, 0.05) is 6.04 Å². The van der Waals surface area contributed by atoms with E-state index in [0.717, 1.165) is 0 Å². The number of thiocarbonyl (C=S) groups is 1. The van der Waals surface area contributed by atoms with Gasteiger partial charge in [0.05, 0.1) is 0 Å². The van der Waals surface area contributed by atoms with E-state index in [1.54, 1.807) is 0 Å². The predicted molar refractivity (Wildman–Crippen MR) is 47.0 cm³/mol. The minimum absolute atomic E-state index is 0. The van der Waals surface area contributed by atoms with Crippen LogP contribution < -0.4 is 5.32 Å². The third kappa shape index (κ3) is 10.3. The van der Waals surface area contributed by atoms with E-state index in [0.29, 0.717) is 10.4 Å². The molecule has 1 N–H and O–H groups in total. The first kappa shape index (κ1) is 12.0. The molecule has 0 spiro atoms. The molecule has 0 aromatic carbocycles. The molecule has 1 nitrogen and oxygen atoms in total. The van der Waals surface area contributed by atoms with Crippen molar-refractivity contribution in [2.75, 3.05) is 0 Å². The van der Waals surface area contributed by atoms with Gasteiger partial charge in [-0.2, -0.15) is 0 Å². The molecule has 0 aromatic rings. The number of rotatable bonds is 1. The number of nitrogens with one attached hydrogen (secondary N) is 1. The van der Waals surface area contributed by atoms with E-state index in [4.69, 9.17) is 0 Å². The Bertz CT molecular complexity index is 74.4. The zero-order chi connectivity index (χ0) is 5.86. The summed E-state index contributed by atoms with van der Waals surface area (Å²) in [7, 11) is 0. The van der Waals surface area contributed by atoms with E-state index in [1.807, 2.05) is 13.8 Å². The second-order valence-corrected chi connectivity index (χ2v) is 2.76. The third-order valence-electron chi connectivity index (χ3n) is 0.412. The van der Waals surface area contributed by atoms with Crippen LogP contribution in [-0.4, -0.2) is 39.9 Å². The van der Waals surface area contributed by atoms with Crippen LogP contribution in [0.5, 0.6) is 0 Å². The molecule has 0 unspecified atom stereocenters. The average Bonchev–Trinajstić information content (AvgIpc) is 1.27. The van der Waals surface area contributed by atoms with Gasteiger partial charge >= 0.3 is 29.6 Å². The Morgan fingerprint density at radius 3 is 2.00 bits per heavy atom. The summed E-state index contributed by atoms with van der Waals surface area (Å²) < 4.78 is 0.565. The van der Waals surface area contributed by atoms with E-state index in [9.17, 15) is 0 Å². The molecule has 44 valence electrons. The van der Waals surface area contributed by atoms with Crippen molar-refractivity contribution in [3.8, 4) is 0 Å². The Hall–Kier alpha value is 1.24. The van der Waals surface area contributed by atoms with Crippen LogP contribution in [0.3, 0.4) is 0 Å². The minimum atomic E-state index is 0. The van der Waals surface area contributed by atoms with E-state index < -0.39 is 0 Å². The summed E-state index contributed by atoms with van der Waals surface area (Å²) in [4.78, 5) is 0. The summed E-state index contributed by atoms with van der Waals surface area (Å²) in [6, 6.07) is 0.407. The van der Waals surface area contributed by atoms with Gasteiger partial charge in [-0.25, -0.2) is 0 Å². The zero-order valence-corrected chi connectivity index (χ0v) is 6.14. The van der Waals surface area contributed by atoms with Crippen molar-refractivity contribution in [2.45, 2.75) is 19.9 Å². The second kappa shape index (κ2) is 6.36. The Balaban J connectivity index is 0. The van der Waals surface area contributed by atoms with Crippen LogP contribution in [0.1, 0.15) is 13.8 Å². The molecule has 0 aliphatic carbocycles. The first-order valence-corrected chi connectivity index (χ1v) is 2.98. The Kier molecular flexibility index (Phi) is 9.52. The maximum absolute atomic E-state index is 4.62. The summed E-state index contributed by atoms with van der Waals surface area (Å²) in [5, 5.41) is 2.90. The fourth-order valence-electron chi connectivity index (χ4n) is 0.247. The molecule has 0 aromatic heterocycles. The molecule has 0 aliphatic heterocycles. The van der Waals surface area contributed by atoms with Gasteiger partial charge in [-0.05, 0) is 13.8 Å². The van der Waals surface area contributed by atoms with Gasteiger partial charge in [-0.1, -0.05) is 12.2 Å². The second-order valence-electron chi connectivity index (χ2n) is 1.60. The molecule has 0 atom stereocenters. The normalized spacial score (nSPS) is 8.00. The average molecular weight is 159 g/mol. The van der Waals surface area contributed by atoms with Crippen molar-refractivity contribution < 1.29 is 0 Å². The zero-order valence-electron chi connectivity index (χ0n) is 4.43. The van der Waals surface area contributed by atoms with Gasteiger partial charge in [0.2, 0.25) is 0 Å². The molecule has 0 saturated heterocycles. The van der Waals surface area contributed by atoms with Crippen molar-refractivity contribution >= 4 is 58.7 Å². The van der Waals surface area contributed by atoms with Crippen molar-refractivity contribution in [1.82, 2.24) is 5.32 Å². The molecule has 0 radical (unpaired) electrons. The number of hydrogen-bond donors (Lipinski definition) is 2. The van der Waals surface area contributed by atoms with Crippen molar-refractivity contribution in [3.05, 3.63) is 0 Å². The van der Waals surface area contributed by atoms with Gasteiger partial charge in [-0.15, -0.1) is 12.6 Å². The fourth-order valence-corrected chi connectivity index (χ4v) is 0.741. The monoisotopic (exact) mass is 159 g/mol. The first-order chi connectivity index (χ1) is 3.13. The SMILES string of the molecule is CC(C)NC(=S)S.[NaH]. The van der Waals surface area contributed by atoms with Crippen LogP contribution in [-0.2, 0) is 0 Å². The van der Waals surface area contributed by atoms with E-state index in [-0.39, 0.29) is 29.6 Å².